The summed E-state index contributed by atoms with van der Waals surface area (Å²) in [5, 5.41) is 4.13. The number of rotatable bonds is 5. The SMILES string of the molecule is CCc1nc(N2CCC[C@]3(CCC(=O)N(CCN(C)C)C3)C2)no1. The highest BCUT2D eigenvalue weighted by atomic mass is 16.5. The number of anilines is 1. The zero-order valence-electron chi connectivity index (χ0n) is 15.1. The average Bonchev–Trinajstić information content (AvgIpc) is 3.05. The van der Waals surface area contributed by atoms with Crippen LogP contribution in [0.3, 0.4) is 0 Å². The predicted molar refractivity (Wildman–Crippen MR) is 91.9 cm³/mol. The zero-order chi connectivity index (χ0) is 17.2. The molecule has 2 aliphatic rings. The van der Waals surface area contributed by atoms with Crippen molar-refractivity contribution >= 4 is 11.9 Å². The molecule has 3 rings (SSSR count). The first-order chi connectivity index (χ1) is 11.5. The number of piperidine rings is 2. The van der Waals surface area contributed by atoms with Gasteiger partial charge in [0, 0.05) is 51.0 Å². The quantitative estimate of drug-likeness (QED) is 0.810. The molecule has 0 radical (unpaired) electrons. The Kier molecular flexibility index (Phi) is 5.08. The molecule has 1 aromatic rings. The van der Waals surface area contributed by atoms with Crippen LogP contribution < -0.4 is 4.90 Å². The minimum Gasteiger partial charge on any atom is -0.341 e. The van der Waals surface area contributed by atoms with E-state index in [4.69, 9.17) is 4.52 Å². The molecule has 1 spiro atoms. The number of carbonyl (C=O) groups excluding carboxylic acids is 1. The van der Waals surface area contributed by atoms with E-state index in [0.29, 0.717) is 24.2 Å². The number of aryl methyl sites for hydroxylation is 1. The first kappa shape index (κ1) is 17.2. The maximum Gasteiger partial charge on any atom is 0.266 e. The van der Waals surface area contributed by atoms with Gasteiger partial charge < -0.3 is 19.2 Å². The molecule has 7 heteroatoms. The van der Waals surface area contributed by atoms with Gasteiger partial charge in [-0.2, -0.15) is 4.98 Å². The highest BCUT2D eigenvalue weighted by Crippen LogP contribution is 2.39. The van der Waals surface area contributed by atoms with Gasteiger partial charge in [0.15, 0.2) is 0 Å². The summed E-state index contributed by atoms with van der Waals surface area (Å²) in [6.07, 6.45) is 4.69. The number of amides is 1. The normalized spacial score (nSPS) is 25.1. The largest absolute Gasteiger partial charge is 0.341 e. The lowest BCUT2D eigenvalue weighted by Gasteiger charge is -2.48. The second-order valence-corrected chi connectivity index (χ2v) is 7.49. The lowest BCUT2D eigenvalue weighted by Crippen LogP contribution is -2.55. The molecule has 24 heavy (non-hydrogen) atoms. The maximum absolute atomic E-state index is 12.3. The van der Waals surface area contributed by atoms with Crippen molar-refractivity contribution < 1.29 is 9.32 Å². The van der Waals surface area contributed by atoms with Crippen molar-refractivity contribution in [1.29, 1.82) is 0 Å². The van der Waals surface area contributed by atoms with Crippen molar-refractivity contribution in [2.45, 2.75) is 39.0 Å². The molecule has 0 N–H and O–H groups in total. The van der Waals surface area contributed by atoms with Crippen LogP contribution in [0.15, 0.2) is 4.52 Å². The molecule has 0 saturated carbocycles. The van der Waals surface area contributed by atoms with E-state index < -0.39 is 0 Å². The third-order valence-corrected chi connectivity index (χ3v) is 5.27. The van der Waals surface area contributed by atoms with Gasteiger partial charge in [-0.3, -0.25) is 4.79 Å². The van der Waals surface area contributed by atoms with Crippen LogP contribution in [-0.2, 0) is 11.2 Å². The Hall–Kier alpha value is -1.63. The van der Waals surface area contributed by atoms with Crippen molar-refractivity contribution in [2.24, 2.45) is 5.41 Å². The van der Waals surface area contributed by atoms with Gasteiger partial charge in [-0.15, -0.1) is 0 Å². The third kappa shape index (κ3) is 3.71. The maximum atomic E-state index is 12.3. The fraction of sp³-hybridized carbons (Fsp3) is 0.824. The van der Waals surface area contributed by atoms with E-state index in [1.807, 2.05) is 21.0 Å². The van der Waals surface area contributed by atoms with Crippen LogP contribution >= 0.6 is 0 Å². The van der Waals surface area contributed by atoms with Crippen LogP contribution in [0.25, 0.3) is 0 Å². The lowest BCUT2D eigenvalue weighted by atomic mass is 9.73. The topological polar surface area (TPSA) is 65.7 Å². The number of carbonyl (C=O) groups is 1. The smallest absolute Gasteiger partial charge is 0.266 e. The molecule has 1 aromatic heterocycles. The number of nitrogens with zero attached hydrogens (tertiary/aromatic N) is 5. The standard InChI is InChI=1S/C17H29N5O2/c1-4-14-18-16(19-24-14)22-9-5-7-17(13-22)8-6-15(23)21(12-17)11-10-20(2)3/h4-13H2,1-3H3/t17-/m1/s1. The molecule has 2 fully saturated rings. The molecular weight excluding hydrogens is 306 g/mol. The number of likely N-dealkylation sites (tertiary alicyclic amines) is 1. The fourth-order valence-corrected chi connectivity index (χ4v) is 3.86. The molecule has 0 bridgehead atoms. The molecule has 2 aliphatic heterocycles. The van der Waals surface area contributed by atoms with Gasteiger partial charge in [0.25, 0.3) is 5.95 Å². The van der Waals surface area contributed by atoms with Crippen LogP contribution in [0.4, 0.5) is 5.95 Å². The minimum atomic E-state index is 0.172. The van der Waals surface area contributed by atoms with Gasteiger partial charge in [0.2, 0.25) is 11.8 Å². The van der Waals surface area contributed by atoms with Crippen molar-refractivity contribution in [3.63, 3.8) is 0 Å². The molecule has 134 valence electrons. The fourth-order valence-electron chi connectivity index (χ4n) is 3.86. The first-order valence-corrected chi connectivity index (χ1v) is 9.01. The molecule has 1 atom stereocenters. The van der Waals surface area contributed by atoms with Crippen molar-refractivity contribution in [1.82, 2.24) is 19.9 Å². The van der Waals surface area contributed by atoms with Crippen molar-refractivity contribution in [3.8, 4) is 0 Å². The highest BCUT2D eigenvalue weighted by Gasteiger charge is 2.42. The summed E-state index contributed by atoms with van der Waals surface area (Å²) >= 11 is 0. The van der Waals surface area contributed by atoms with Gasteiger partial charge in [-0.1, -0.05) is 6.92 Å². The number of hydrogen-bond donors (Lipinski definition) is 0. The van der Waals surface area contributed by atoms with Crippen LogP contribution in [0, 0.1) is 5.41 Å². The zero-order valence-corrected chi connectivity index (χ0v) is 15.1. The molecule has 7 nitrogen and oxygen atoms in total. The van der Waals surface area contributed by atoms with Gasteiger partial charge in [-0.05, 0) is 38.5 Å². The molecule has 1 amide bonds. The second-order valence-electron chi connectivity index (χ2n) is 7.49. The number of aromatic nitrogens is 2. The number of likely N-dealkylation sites (N-methyl/N-ethyl adjacent to an activating group) is 1. The third-order valence-electron chi connectivity index (χ3n) is 5.27. The van der Waals surface area contributed by atoms with E-state index in [9.17, 15) is 4.79 Å². The van der Waals surface area contributed by atoms with E-state index in [2.05, 4.69) is 24.8 Å². The Morgan fingerprint density at radius 1 is 1.29 bits per heavy atom. The highest BCUT2D eigenvalue weighted by molar-refractivity contribution is 5.77. The predicted octanol–water partition coefficient (Wildman–Crippen LogP) is 1.40. The second kappa shape index (κ2) is 7.09. The summed E-state index contributed by atoms with van der Waals surface area (Å²) < 4.78 is 5.27. The summed E-state index contributed by atoms with van der Waals surface area (Å²) in [7, 11) is 4.10. The summed E-state index contributed by atoms with van der Waals surface area (Å²) in [6, 6.07) is 0. The van der Waals surface area contributed by atoms with Gasteiger partial charge in [0.1, 0.15) is 0 Å². The Balaban J connectivity index is 1.68. The van der Waals surface area contributed by atoms with E-state index >= 15 is 0 Å². The Morgan fingerprint density at radius 2 is 2.12 bits per heavy atom. The Labute approximate surface area is 144 Å². The molecule has 0 aromatic carbocycles. The monoisotopic (exact) mass is 335 g/mol. The lowest BCUT2D eigenvalue weighted by molar-refractivity contribution is -0.138. The van der Waals surface area contributed by atoms with Crippen LogP contribution in [0.5, 0.6) is 0 Å². The minimum absolute atomic E-state index is 0.172. The summed E-state index contributed by atoms with van der Waals surface area (Å²) in [5.74, 6) is 1.70. The average molecular weight is 335 g/mol. The molecular formula is C17H29N5O2. The molecule has 0 aliphatic carbocycles. The summed E-state index contributed by atoms with van der Waals surface area (Å²) in [6.45, 7) is 6.49. The van der Waals surface area contributed by atoms with E-state index in [1.165, 1.54) is 6.42 Å². The van der Waals surface area contributed by atoms with E-state index in [0.717, 1.165) is 52.0 Å². The van der Waals surface area contributed by atoms with E-state index in [-0.39, 0.29) is 5.41 Å². The first-order valence-electron chi connectivity index (χ1n) is 9.01. The summed E-state index contributed by atoms with van der Waals surface area (Å²) in [5.41, 5.74) is 0.172. The van der Waals surface area contributed by atoms with Crippen molar-refractivity contribution in [2.75, 3.05) is 51.7 Å². The van der Waals surface area contributed by atoms with Crippen molar-refractivity contribution in [3.05, 3.63) is 5.89 Å². The molecule has 3 heterocycles. The number of hydrogen-bond acceptors (Lipinski definition) is 6. The molecule has 0 unspecified atom stereocenters. The van der Waals surface area contributed by atoms with Gasteiger partial charge >= 0.3 is 0 Å². The van der Waals surface area contributed by atoms with Gasteiger partial charge in [-0.25, -0.2) is 0 Å². The van der Waals surface area contributed by atoms with Crippen LogP contribution in [0.2, 0.25) is 0 Å². The Bertz CT molecular complexity index is 573. The molecule has 2 saturated heterocycles. The Morgan fingerprint density at radius 3 is 2.83 bits per heavy atom. The van der Waals surface area contributed by atoms with Crippen LogP contribution in [-0.4, -0.2) is 72.7 Å². The van der Waals surface area contributed by atoms with Crippen LogP contribution in [0.1, 0.15) is 38.5 Å². The van der Waals surface area contributed by atoms with E-state index in [1.54, 1.807) is 0 Å². The summed E-state index contributed by atoms with van der Waals surface area (Å²) in [4.78, 5) is 23.2. The van der Waals surface area contributed by atoms with Gasteiger partial charge in [0.05, 0.1) is 0 Å².